The molecule has 0 radical (unpaired) electrons. The lowest BCUT2D eigenvalue weighted by molar-refractivity contribution is -0.102. The van der Waals surface area contributed by atoms with Crippen molar-refractivity contribution in [1.82, 2.24) is 9.97 Å². The molecule has 170 valence electrons. The Balaban J connectivity index is 1.57. The molecule has 3 aromatic rings. The van der Waals surface area contributed by atoms with Gasteiger partial charge in [-0.1, -0.05) is 29.8 Å². The number of halogens is 1. The fraction of sp³-hybridized carbons (Fsp3) is 0.280. The maximum atomic E-state index is 11.7. The lowest BCUT2D eigenvalue weighted by Gasteiger charge is -2.20. The Morgan fingerprint density at radius 3 is 2.82 bits per heavy atom. The lowest BCUT2D eigenvalue weighted by Crippen LogP contribution is -2.21. The highest BCUT2D eigenvalue weighted by Crippen LogP contribution is 2.27. The smallest absolute Gasteiger partial charge is 0.185 e. The third-order valence-corrected chi connectivity index (χ3v) is 5.67. The van der Waals surface area contributed by atoms with Crippen molar-refractivity contribution in [3.05, 3.63) is 71.5 Å². The van der Waals surface area contributed by atoms with Gasteiger partial charge in [0.1, 0.15) is 0 Å². The Bertz CT molecular complexity index is 1100. The molecule has 2 aromatic heterocycles. The molecule has 7 nitrogen and oxygen atoms in total. The summed E-state index contributed by atoms with van der Waals surface area (Å²) in [6.45, 7) is 2.63. The Hall–Kier alpha value is -3.29. The second-order valence-corrected chi connectivity index (χ2v) is 8.28. The van der Waals surface area contributed by atoms with Crippen molar-refractivity contribution < 1.29 is 9.53 Å². The SMILES string of the molecule is O=CC(=NCC1CCOCC1)Nc1ccc(-c2cccc(Cl)c2)nc1NCc1cccnc1. The van der Waals surface area contributed by atoms with E-state index in [2.05, 4.69) is 20.6 Å². The summed E-state index contributed by atoms with van der Waals surface area (Å²) in [5, 5.41) is 7.15. The van der Waals surface area contributed by atoms with Crippen LogP contribution in [0.2, 0.25) is 5.02 Å². The minimum atomic E-state index is 0.281. The molecular weight excluding hydrogens is 438 g/mol. The summed E-state index contributed by atoms with van der Waals surface area (Å²) < 4.78 is 5.40. The van der Waals surface area contributed by atoms with Crippen LogP contribution in [0.4, 0.5) is 11.5 Å². The van der Waals surface area contributed by atoms with Crippen molar-refractivity contribution in [3.8, 4) is 11.3 Å². The first-order valence-electron chi connectivity index (χ1n) is 11.0. The summed E-state index contributed by atoms with van der Waals surface area (Å²) in [5.74, 6) is 1.32. The van der Waals surface area contributed by atoms with Crippen LogP contribution >= 0.6 is 11.6 Å². The number of carbonyl (C=O) groups excluding carboxylic acids is 1. The molecule has 0 saturated carbocycles. The highest BCUT2D eigenvalue weighted by atomic mass is 35.5. The zero-order chi connectivity index (χ0) is 22.9. The predicted molar refractivity (Wildman–Crippen MR) is 132 cm³/mol. The summed E-state index contributed by atoms with van der Waals surface area (Å²) in [5.41, 5.74) is 3.36. The van der Waals surface area contributed by atoms with Crippen LogP contribution in [0.3, 0.4) is 0 Å². The number of aromatic nitrogens is 2. The van der Waals surface area contributed by atoms with Crippen molar-refractivity contribution >= 4 is 35.2 Å². The molecule has 33 heavy (non-hydrogen) atoms. The van der Waals surface area contributed by atoms with E-state index in [9.17, 15) is 4.79 Å². The second kappa shape index (κ2) is 11.5. The lowest BCUT2D eigenvalue weighted by atomic mass is 10.0. The maximum Gasteiger partial charge on any atom is 0.185 e. The average molecular weight is 464 g/mol. The van der Waals surface area contributed by atoms with Crippen molar-refractivity contribution in [2.75, 3.05) is 30.4 Å². The van der Waals surface area contributed by atoms with Crippen LogP contribution in [0.25, 0.3) is 11.3 Å². The van der Waals surface area contributed by atoms with Crippen LogP contribution in [0, 0.1) is 5.92 Å². The van der Waals surface area contributed by atoms with E-state index in [4.69, 9.17) is 21.3 Å². The number of carbonyl (C=O) groups is 1. The van der Waals surface area contributed by atoms with E-state index in [1.807, 2.05) is 48.5 Å². The van der Waals surface area contributed by atoms with Gasteiger partial charge in [-0.25, -0.2) is 4.98 Å². The summed E-state index contributed by atoms with van der Waals surface area (Å²) >= 11 is 6.17. The van der Waals surface area contributed by atoms with Crippen LogP contribution in [0.1, 0.15) is 18.4 Å². The number of hydrogen-bond acceptors (Lipinski definition) is 6. The number of anilines is 2. The van der Waals surface area contributed by atoms with E-state index in [1.54, 1.807) is 12.4 Å². The number of hydrogen-bond donors (Lipinski definition) is 2. The van der Waals surface area contributed by atoms with Crippen molar-refractivity contribution in [2.45, 2.75) is 19.4 Å². The fourth-order valence-electron chi connectivity index (χ4n) is 3.59. The summed E-state index contributed by atoms with van der Waals surface area (Å²) in [4.78, 5) is 25.2. The van der Waals surface area contributed by atoms with Crippen molar-refractivity contribution in [1.29, 1.82) is 0 Å². The first-order valence-corrected chi connectivity index (χ1v) is 11.3. The molecule has 1 fully saturated rings. The summed E-state index contributed by atoms with van der Waals surface area (Å²) in [6.07, 6.45) is 6.20. The molecule has 4 rings (SSSR count). The molecule has 8 heteroatoms. The Morgan fingerprint density at radius 1 is 1.18 bits per heavy atom. The predicted octanol–water partition coefficient (Wildman–Crippen LogP) is 4.85. The van der Waals surface area contributed by atoms with E-state index < -0.39 is 0 Å². The molecule has 1 aliphatic rings. The standard InChI is InChI=1S/C25H26ClN5O2/c26-21-5-1-4-20(13-21)22-6-7-23(25(31-22)29-16-19-3-2-10-27-14-19)30-24(17-32)28-15-18-8-11-33-12-9-18/h1-7,10,13-14,17-18H,8-9,11-12,15-16H2,(H,28,30)(H,29,31). The van der Waals surface area contributed by atoms with E-state index in [0.29, 0.717) is 35.5 Å². The molecular formula is C25H26ClN5O2. The van der Waals surface area contributed by atoms with Gasteiger partial charge in [0, 0.05) is 49.3 Å². The molecule has 2 N–H and O–H groups in total. The van der Waals surface area contributed by atoms with Gasteiger partial charge in [0.2, 0.25) is 0 Å². The molecule has 1 saturated heterocycles. The molecule has 0 bridgehead atoms. The van der Waals surface area contributed by atoms with Crippen molar-refractivity contribution in [2.24, 2.45) is 10.9 Å². The van der Waals surface area contributed by atoms with E-state index >= 15 is 0 Å². The Morgan fingerprint density at radius 2 is 2.06 bits per heavy atom. The number of aliphatic imine (C=N–C) groups is 1. The summed E-state index contributed by atoms with van der Waals surface area (Å²) in [6, 6.07) is 15.2. The fourth-order valence-corrected chi connectivity index (χ4v) is 3.78. The first-order chi connectivity index (χ1) is 16.2. The third kappa shape index (κ3) is 6.60. The molecule has 1 aromatic carbocycles. The molecule has 0 atom stereocenters. The van der Waals surface area contributed by atoms with Gasteiger partial charge >= 0.3 is 0 Å². The van der Waals surface area contributed by atoms with Crippen LogP contribution in [0.5, 0.6) is 0 Å². The molecule has 3 heterocycles. The number of nitrogens with zero attached hydrogens (tertiary/aromatic N) is 3. The number of rotatable bonds is 8. The average Bonchev–Trinajstić information content (AvgIpc) is 2.87. The Kier molecular flexibility index (Phi) is 8.00. The minimum absolute atomic E-state index is 0.281. The van der Waals surface area contributed by atoms with Gasteiger partial charge in [0.15, 0.2) is 17.9 Å². The van der Waals surface area contributed by atoms with Gasteiger partial charge in [-0.15, -0.1) is 0 Å². The summed E-state index contributed by atoms with van der Waals surface area (Å²) in [7, 11) is 0. The number of nitrogens with one attached hydrogen (secondary N) is 2. The van der Waals surface area contributed by atoms with Gasteiger partial charge in [-0.05, 0) is 54.7 Å². The monoisotopic (exact) mass is 463 g/mol. The van der Waals surface area contributed by atoms with Gasteiger partial charge in [0.25, 0.3) is 0 Å². The number of ether oxygens (including phenoxy) is 1. The zero-order valence-corrected chi connectivity index (χ0v) is 19.0. The topological polar surface area (TPSA) is 88.5 Å². The van der Waals surface area contributed by atoms with E-state index in [1.165, 1.54) is 0 Å². The largest absolute Gasteiger partial charge is 0.381 e. The third-order valence-electron chi connectivity index (χ3n) is 5.43. The van der Waals surface area contributed by atoms with Gasteiger partial charge < -0.3 is 15.4 Å². The highest BCUT2D eigenvalue weighted by Gasteiger charge is 2.14. The van der Waals surface area contributed by atoms with Crippen LogP contribution in [-0.4, -0.2) is 41.8 Å². The van der Waals surface area contributed by atoms with E-state index in [-0.39, 0.29) is 5.84 Å². The van der Waals surface area contributed by atoms with Gasteiger partial charge in [-0.3, -0.25) is 14.8 Å². The van der Waals surface area contributed by atoms with Gasteiger partial charge in [0.05, 0.1) is 11.4 Å². The van der Waals surface area contributed by atoms with Gasteiger partial charge in [-0.2, -0.15) is 0 Å². The molecule has 0 unspecified atom stereocenters. The van der Waals surface area contributed by atoms with Crippen LogP contribution in [0.15, 0.2) is 65.9 Å². The van der Waals surface area contributed by atoms with Crippen LogP contribution < -0.4 is 10.6 Å². The Labute approximate surface area is 198 Å². The maximum absolute atomic E-state index is 11.7. The van der Waals surface area contributed by atoms with Crippen molar-refractivity contribution in [3.63, 3.8) is 0 Å². The minimum Gasteiger partial charge on any atom is -0.381 e. The molecule has 0 amide bonds. The first kappa shape index (κ1) is 22.9. The number of aldehydes is 1. The molecule has 0 aliphatic carbocycles. The van der Waals surface area contributed by atoms with E-state index in [0.717, 1.165) is 49.2 Å². The molecule has 1 aliphatic heterocycles. The zero-order valence-electron chi connectivity index (χ0n) is 18.2. The second-order valence-electron chi connectivity index (χ2n) is 7.84. The normalized spacial score (nSPS) is 14.6. The quantitative estimate of drug-likeness (QED) is 0.282. The highest BCUT2D eigenvalue weighted by molar-refractivity contribution is 6.33. The molecule has 0 spiro atoms. The van der Waals surface area contributed by atoms with Crippen LogP contribution in [-0.2, 0) is 16.1 Å². The number of pyridine rings is 2. The number of amidine groups is 1. The number of benzene rings is 1.